The van der Waals surface area contributed by atoms with E-state index in [4.69, 9.17) is 11.6 Å². The minimum Gasteiger partial charge on any atom is -0.310 e. The highest BCUT2D eigenvalue weighted by atomic mass is 35.5. The molecule has 1 N–H and O–H groups in total. The van der Waals surface area contributed by atoms with Gasteiger partial charge in [0.15, 0.2) is 0 Å². The van der Waals surface area contributed by atoms with E-state index in [9.17, 15) is 4.79 Å². The second-order valence-corrected chi connectivity index (χ2v) is 3.38. The van der Waals surface area contributed by atoms with E-state index in [1.807, 2.05) is 6.26 Å². The van der Waals surface area contributed by atoms with Crippen molar-refractivity contribution in [2.24, 2.45) is 0 Å². The van der Waals surface area contributed by atoms with Gasteiger partial charge in [0.25, 0.3) is 5.56 Å². The fraction of sp³-hybridized carbons (Fsp3) is 0.429. The third-order valence-electron chi connectivity index (χ3n) is 1.26. The molecule has 0 aliphatic carbocycles. The predicted molar refractivity (Wildman–Crippen MR) is 51.6 cm³/mol. The molecule has 66 valence electrons. The first-order chi connectivity index (χ1) is 5.76. The highest BCUT2D eigenvalue weighted by Crippen LogP contribution is 2.03. The van der Waals surface area contributed by atoms with Crippen LogP contribution in [0.4, 0.5) is 0 Å². The van der Waals surface area contributed by atoms with Crippen LogP contribution in [0.3, 0.4) is 0 Å². The second kappa shape index (κ2) is 4.52. The molecule has 0 saturated carbocycles. The van der Waals surface area contributed by atoms with Gasteiger partial charge in [-0.25, -0.2) is 4.98 Å². The van der Waals surface area contributed by atoms with E-state index in [0.29, 0.717) is 17.3 Å². The molecule has 1 rings (SSSR count). The Kier molecular flexibility index (Phi) is 3.62. The number of hydrogen-bond donors (Lipinski definition) is 1. The van der Waals surface area contributed by atoms with E-state index in [0.717, 1.165) is 0 Å². The van der Waals surface area contributed by atoms with Crippen molar-refractivity contribution in [2.45, 2.75) is 11.6 Å². The molecule has 0 amide bonds. The zero-order chi connectivity index (χ0) is 8.97. The number of nitrogens with zero attached hydrogens (tertiary/aromatic N) is 1. The Balaban J connectivity index is 2.98. The maximum atomic E-state index is 11.0. The average molecular weight is 205 g/mol. The van der Waals surface area contributed by atoms with E-state index in [1.54, 1.807) is 11.8 Å². The lowest BCUT2D eigenvalue weighted by Crippen LogP contribution is -2.11. The first kappa shape index (κ1) is 9.61. The maximum absolute atomic E-state index is 11.0. The van der Waals surface area contributed by atoms with Gasteiger partial charge in [0.1, 0.15) is 5.82 Å². The molecule has 0 fully saturated rings. The second-order valence-electron chi connectivity index (χ2n) is 2.25. The molecule has 0 aliphatic heterocycles. The molecule has 0 atom stereocenters. The topological polar surface area (TPSA) is 45.8 Å². The molecule has 3 nitrogen and oxygen atoms in total. The third-order valence-corrected chi connectivity index (χ3v) is 2.10. The molecule has 0 radical (unpaired) electrons. The zero-order valence-corrected chi connectivity index (χ0v) is 8.21. The summed E-state index contributed by atoms with van der Waals surface area (Å²) in [6.07, 6.45) is 1.95. The molecule has 0 aliphatic rings. The van der Waals surface area contributed by atoms with Gasteiger partial charge in [-0.1, -0.05) is 0 Å². The van der Waals surface area contributed by atoms with Gasteiger partial charge in [0.2, 0.25) is 0 Å². The minimum absolute atomic E-state index is 0.135. The first-order valence-corrected chi connectivity index (χ1v) is 5.33. The lowest BCUT2D eigenvalue weighted by Gasteiger charge is -1.98. The van der Waals surface area contributed by atoms with Gasteiger partial charge < -0.3 is 4.98 Å². The predicted octanol–water partition coefficient (Wildman–Crippen LogP) is 1.37. The van der Waals surface area contributed by atoms with Crippen molar-refractivity contribution in [3.8, 4) is 0 Å². The number of aromatic amines is 1. The average Bonchev–Trinajstić information content (AvgIpc) is 2.04. The van der Waals surface area contributed by atoms with Gasteiger partial charge in [0.05, 0.1) is 17.3 Å². The summed E-state index contributed by atoms with van der Waals surface area (Å²) in [5, 5.41) is 0. The maximum Gasteiger partial charge on any atom is 0.251 e. The SMILES string of the molecule is CSCc1nc(CCl)cc(=O)[nH]1. The van der Waals surface area contributed by atoms with Gasteiger partial charge in [0, 0.05) is 6.07 Å². The van der Waals surface area contributed by atoms with Crippen molar-refractivity contribution in [3.63, 3.8) is 0 Å². The van der Waals surface area contributed by atoms with E-state index < -0.39 is 0 Å². The van der Waals surface area contributed by atoms with Crippen LogP contribution in [0.1, 0.15) is 11.5 Å². The number of aromatic nitrogens is 2. The Morgan fingerprint density at radius 1 is 1.75 bits per heavy atom. The van der Waals surface area contributed by atoms with Crippen molar-refractivity contribution in [3.05, 3.63) is 27.9 Å². The molecule has 1 heterocycles. The van der Waals surface area contributed by atoms with Gasteiger partial charge in [-0.3, -0.25) is 4.79 Å². The molecule has 0 unspecified atom stereocenters. The van der Waals surface area contributed by atoms with Gasteiger partial charge in [-0.15, -0.1) is 11.6 Å². The standard InChI is InChI=1S/C7H9ClN2OS/c1-12-4-6-9-5(3-8)2-7(11)10-6/h2H,3-4H2,1H3,(H,9,10,11). The van der Waals surface area contributed by atoms with Crippen LogP contribution in [0.15, 0.2) is 10.9 Å². The first-order valence-electron chi connectivity index (χ1n) is 3.40. The van der Waals surface area contributed by atoms with Crippen LogP contribution in [0.25, 0.3) is 0 Å². The molecule has 0 bridgehead atoms. The molecule has 0 saturated heterocycles. The molecular weight excluding hydrogens is 196 g/mol. The molecule has 1 aromatic rings. The smallest absolute Gasteiger partial charge is 0.251 e. The number of H-pyrrole nitrogens is 1. The lowest BCUT2D eigenvalue weighted by molar-refractivity contribution is 0.961. The monoisotopic (exact) mass is 204 g/mol. The number of nitrogens with one attached hydrogen (secondary N) is 1. The number of hydrogen-bond acceptors (Lipinski definition) is 3. The third kappa shape index (κ3) is 2.53. The normalized spacial score (nSPS) is 10.2. The van der Waals surface area contributed by atoms with Crippen LogP contribution in [0, 0.1) is 0 Å². The van der Waals surface area contributed by atoms with Crippen LogP contribution in [0.2, 0.25) is 0 Å². The Morgan fingerprint density at radius 2 is 2.50 bits per heavy atom. The fourth-order valence-electron chi connectivity index (χ4n) is 0.837. The van der Waals surface area contributed by atoms with Gasteiger partial charge >= 0.3 is 0 Å². The number of halogens is 1. The van der Waals surface area contributed by atoms with Crippen molar-refractivity contribution in [1.29, 1.82) is 0 Å². The Morgan fingerprint density at radius 3 is 3.08 bits per heavy atom. The summed E-state index contributed by atoms with van der Waals surface area (Å²) in [6, 6.07) is 1.41. The molecule has 0 aromatic carbocycles. The Labute approximate surface area is 79.6 Å². The van der Waals surface area contributed by atoms with Crippen LogP contribution < -0.4 is 5.56 Å². The fourth-order valence-corrected chi connectivity index (χ4v) is 1.38. The number of rotatable bonds is 3. The molecule has 0 spiro atoms. The van der Waals surface area contributed by atoms with Crippen molar-refractivity contribution in [2.75, 3.05) is 6.26 Å². The summed E-state index contributed by atoms with van der Waals surface area (Å²) in [4.78, 5) is 17.8. The van der Waals surface area contributed by atoms with E-state index in [2.05, 4.69) is 9.97 Å². The summed E-state index contributed by atoms with van der Waals surface area (Å²) in [7, 11) is 0. The summed E-state index contributed by atoms with van der Waals surface area (Å²) in [6.45, 7) is 0. The molecule has 12 heavy (non-hydrogen) atoms. The summed E-state index contributed by atoms with van der Waals surface area (Å²) in [5.41, 5.74) is 0.495. The molecule has 5 heteroatoms. The number of alkyl halides is 1. The summed E-state index contributed by atoms with van der Waals surface area (Å²) >= 11 is 7.16. The van der Waals surface area contributed by atoms with Crippen molar-refractivity contribution >= 4 is 23.4 Å². The quantitative estimate of drug-likeness (QED) is 0.757. The van der Waals surface area contributed by atoms with Gasteiger partial charge in [-0.05, 0) is 6.26 Å². The van der Waals surface area contributed by atoms with E-state index in [-0.39, 0.29) is 11.4 Å². The highest BCUT2D eigenvalue weighted by molar-refractivity contribution is 7.97. The van der Waals surface area contributed by atoms with E-state index in [1.165, 1.54) is 6.07 Å². The lowest BCUT2D eigenvalue weighted by atomic mass is 10.4. The summed E-state index contributed by atoms with van der Waals surface area (Å²) in [5.74, 6) is 1.68. The largest absolute Gasteiger partial charge is 0.310 e. The van der Waals surface area contributed by atoms with Crippen LogP contribution in [0.5, 0.6) is 0 Å². The van der Waals surface area contributed by atoms with Crippen LogP contribution in [-0.2, 0) is 11.6 Å². The minimum atomic E-state index is -0.135. The zero-order valence-electron chi connectivity index (χ0n) is 6.63. The molecule has 1 aromatic heterocycles. The van der Waals surface area contributed by atoms with Crippen LogP contribution in [-0.4, -0.2) is 16.2 Å². The van der Waals surface area contributed by atoms with E-state index >= 15 is 0 Å². The Bertz CT molecular complexity index is 313. The van der Waals surface area contributed by atoms with Crippen LogP contribution >= 0.6 is 23.4 Å². The summed E-state index contributed by atoms with van der Waals surface area (Å²) < 4.78 is 0. The van der Waals surface area contributed by atoms with Crippen molar-refractivity contribution in [1.82, 2.24) is 9.97 Å². The molecular formula is C7H9ClN2OS. The number of thioether (sulfide) groups is 1. The highest BCUT2D eigenvalue weighted by Gasteiger charge is 1.98. The van der Waals surface area contributed by atoms with Gasteiger partial charge in [-0.2, -0.15) is 11.8 Å². The Hall–Kier alpha value is -0.480. The van der Waals surface area contributed by atoms with Crippen molar-refractivity contribution < 1.29 is 0 Å².